The summed E-state index contributed by atoms with van der Waals surface area (Å²) in [6.45, 7) is 2.79. The van der Waals surface area contributed by atoms with Crippen LogP contribution in [0.4, 0.5) is 0 Å². The normalized spacial score (nSPS) is 14.1. The number of nitrogens with zero attached hydrogens (tertiary/aromatic N) is 4. The van der Waals surface area contributed by atoms with Gasteiger partial charge in [-0.05, 0) is 30.2 Å². The maximum absolute atomic E-state index is 4.67. The number of aliphatic imine (C=N–C) groups is 1. The summed E-state index contributed by atoms with van der Waals surface area (Å²) in [5.74, 6) is 0. The Hall–Kier alpha value is -2.89. The van der Waals surface area contributed by atoms with Gasteiger partial charge in [0.2, 0.25) is 0 Å². The zero-order chi connectivity index (χ0) is 14.9. The Morgan fingerprint density at radius 1 is 1.32 bits per heavy atom. The molecule has 0 atom stereocenters. The minimum absolute atomic E-state index is 0.745. The molecule has 0 unspecified atom stereocenters. The molecule has 2 N–H and O–H groups in total. The van der Waals surface area contributed by atoms with Crippen molar-refractivity contribution in [2.24, 2.45) is 4.99 Å². The summed E-state index contributed by atoms with van der Waals surface area (Å²) in [5.41, 5.74) is 5.42. The number of aromatic nitrogens is 4. The Morgan fingerprint density at radius 2 is 2.27 bits per heavy atom. The van der Waals surface area contributed by atoms with Crippen molar-refractivity contribution in [2.75, 3.05) is 6.54 Å². The maximum Gasteiger partial charge on any atom is 0.139 e. The van der Waals surface area contributed by atoms with Crippen LogP contribution in [0, 0.1) is 6.92 Å². The largest absolute Gasteiger partial charge is 0.353 e. The zero-order valence-corrected chi connectivity index (χ0v) is 12.2. The Labute approximate surface area is 127 Å². The Balaban J connectivity index is 1.70. The summed E-state index contributed by atoms with van der Waals surface area (Å²) in [5, 5.41) is 8.77. The van der Waals surface area contributed by atoms with Gasteiger partial charge in [0.15, 0.2) is 0 Å². The van der Waals surface area contributed by atoms with E-state index < -0.39 is 0 Å². The van der Waals surface area contributed by atoms with Crippen molar-refractivity contribution in [1.29, 1.82) is 0 Å². The molecule has 4 heterocycles. The number of nitrogens with one attached hydrogen (secondary N) is 2. The number of hydrogen-bond donors (Lipinski definition) is 2. The molecule has 0 fully saturated rings. The lowest BCUT2D eigenvalue weighted by molar-refractivity contribution is 0.868. The summed E-state index contributed by atoms with van der Waals surface area (Å²) in [6.07, 6.45) is 10.4. The molecule has 6 nitrogen and oxygen atoms in total. The topological polar surface area (TPSA) is 70.9 Å². The van der Waals surface area contributed by atoms with Crippen molar-refractivity contribution >= 4 is 17.4 Å². The minimum Gasteiger partial charge on any atom is -0.353 e. The Bertz CT molecular complexity index is 883. The van der Waals surface area contributed by atoms with Gasteiger partial charge < -0.3 is 10.3 Å². The average molecular weight is 292 g/mol. The predicted molar refractivity (Wildman–Crippen MR) is 86.2 cm³/mol. The van der Waals surface area contributed by atoms with E-state index in [0.29, 0.717) is 0 Å². The van der Waals surface area contributed by atoms with Gasteiger partial charge in [-0.2, -0.15) is 5.10 Å². The van der Waals surface area contributed by atoms with Gasteiger partial charge in [-0.25, -0.2) is 9.67 Å². The summed E-state index contributed by atoms with van der Waals surface area (Å²) >= 11 is 0. The fraction of sp³-hybridized carbons (Fsp3) is 0.188. The third-order valence-corrected chi connectivity index (χ3v) is 3.85. The molecule has 0 amide bonds. The molecule has 22 heavy (non-hydrogen) atoms. The van der Waals surface area contributed by atoms with Crippen molar-refractivity contribution < 1.29 is 0 Å². The lowest BCUT2D eigenvalue weighted by atomic mass is 10.1. The molecule has 0 spiro atoms. The van der Waals surface area contributed by atoms with E-state index in [1.807, 2.05) is 36.1 Å². The standard InChI is InChI=1S/C16H16N6/c1-11-13(6-12-7-17-10-18-8-12)9-22(21-11)15-3-5-20-16-14(15)2-4-19-16/h2-5,7,9-10H,6,8H2,1H3,(H,17,18)(H,19,20). The van der Waals surface area contributed by atoms with E-state index in [1.165, 1.54) is 11.1 Å². The average Bonchev–Trinajstić information content (AvgIpc) is 3.15. The smallest absolute Gasteiger partial charge is 0.139 e. The van der Waals surface area contributed by atoms with E-state index in [4.69, 9.17) is 0 Å². The van der Waals surface area contributed by atoms with Gasteiger partial charge in [-0.3, -0.25) is 4.99 Å². The molecular formula is C16H16N6. The van der Waals surface area contributed by atoms with Gasteiger partial charge in [-0.1, -0.05) is 0 Å². The zero-order valence-electron chi connectivity index (χ0n) is 12.2. The second-order valence-electron chi connectivity index (χ2n) is 5.37. The Morgan fingerprint density at radius 3 is 3.14 bits per heavy atom. The SMILES string of the molecule is Cc1nn(-c2ccnc3[nH]ccc23)cc1CC1=CNC=NC1. The molecule has 0 saturated heterocycles. The van der Waals surface area contributed by atoms with Crippen molar-refractivity contribution in [3.63, 3.8) is 0 Å². The number of aromatic amines is 1. The number of fused-ring (bicyclic) bond motifs is 1. The van der Waals surface area contributed by atoms with Crippen LogP contribution in [0.25, 0.3) is 16.7 Å². The van der Waals surface area contributed by atoms with Crippen LogP contribution in [0.5, 0.6) is 0 Å². The van der Waals surface area contributed by atoms with Crippen LogP contribution in [-0.4, -0.2) is 32.6 Å². The summed E-state index contributed by atoms with van der Waals surface area (Å²) in [7, 11) is 0. The van der Waals surface area contributed by atoms with Crippen LogP contribution in [0.15, 0.2) is 47.5 Å². The van der Waals surface area contributed by atoms with E-state index in [1.54, 1.807) is 12.5 Å². The van der Waals surface area contributed by atoms with Crippen LogP contribution >= 0.6 is 0 Å². The highest BCUT2D eigenvalue weighted by Crippen LogP contribution is 2.21. The molecule has 4 rings (SSSR count). The number of hydrogen-bond acceptors (Lipinski definition) is 4. The second kappa shape index (κ2) is 5.14. The van der Waals surface area contributed by atoms with Gasteiger partial charge >= 0.3 is 0 Å². The predicted octanol–water partition coefficient (Wildman–Crippen LogP) is 2.11. The molecule has 1 aliphatic heterocycles. The van der Waals surface area contributed by atoms with Gasteiger partial charge in [-0.15, -0.1) is 0 Å². The molecule has 0 aliphatic carbocycles. The highest BCUT2D eigenvalue weighted by atomic mass is 15.3. The summed E-state index contributed by atoms with van der Waals surface area (Å²) < 4.78 is 1.93. The van der Waals surface area contributed by atoms with Crippen molar-refractivity contribution in [3.05, 3.63) is 53.8 Å². The van der Waals surface area contributed by atoms with Crippen molar-refractivity contribution in [1.82, 2.24) is 25.1 Å². The number of H-pyrrole nitrogens is 1. The first-order valence-corrected chi connectivity index (χ1v) is 7.21. The monoisotopic (exact) mass is 292 g/mol. The summed E-state index contributed by atoms with van der Waals surface area (Å²) in [4.78, 5) is 11.7. The van der Waals surface area contributed by atoms with E-state index in [2.05, 4.69) is 31.6 Å². The molecule has 0 saturated carbocycles. The molecular weight excluding hydrogens is 276 g/mol. The van der Waals surface area contributed by atoms with Gasteiger partial charge in [0.25, 0.3) is 0 Å². The molecule has 0 radical (unpaired) electrons. The van der Waals surface area contributed by atoms with Gasteiger partial charge in [0.05, 0.1) is 24.3 Å². The van der Waals surface area contributed by atoms with E-state index in [-0.39, 0.29) is 0 Å². The highest BCUT2D eigenvalue weighted by Gasteiger charge is 2.11. The van der Waals surface area contributed by atoms with E-state index >= 15 is 0 Å². The van der Waals surface area contributed by atoms with Crippen LogP contribution in [0.1, 0.15) is 11.3 Å². The number of aryl methyl sites for hydroxylation is 1. The van der Waals surface area contributed by atoms with Crippen LogP contribution in [0.2, 0.25) is 0 Å². The van der Waals surface area contributed by atoms with E-state index in [9.17, 15) is 0 Å². The fourth-order valence-corrected chi connectivity index (χ4v) is 2.71. The summed E-state index contributed by atoms with van der Waals surface area (Å²) in [6, 6.07) is 4.01. The number of pyridine rings is 1. The molecule has 1 aliphatic rings. The molecule has 3 aromatic rings. The Kier molecular flexibility index (Phi) is 3.00. The molecule has 6 heteroatoms. The molecule has 0 aromatic carbocycles. The minimum atomic E-state index is 0.745. The van der Waals surface area contributed by atoms with Crippen molar-refractivity contribution in [3.8, 4) is 5.69 Å². The quantitative estimate of drug-likeness (QED) is 0.776. The lowest BCUT2D eigenvalue weighted by Gasteiger charge is -2.07. The van der Waals surface area contributed by atoms with E-state index in [0.717, 1.165) is 35.4 Å². The first-order chi connectivity index (χ1) is 10.8. The first kappa shape index (κ1) is 12.8. The van der Waals surface area contributed by atoms with Crippen LogP contribution in [-0.2, 0) is 6.42 Å². The molecule has 110 valence electrons. The van der Waals surface area contributed by atoms with Gasteiger partial charge in [0.1, 0.15) is 5.65 Å². The van der Waals surface area contributed by atoms with Crippen LogP contribution < -0.4 is 5.32 Å². The highest BCUT2D eigenvalue weighted by molar-refractivity contribution is 5.84. The number of rotatable bonds is 3. The maximum atomic E-state index is 4.67. The van der Waals surface area contributed by atoms with Gasteiger partial charge in [0, 0.05) is 36.6 Å². The first-order valence-electron chi connectivity index (χ1n) is 7.21. The molecule has 0 bridgehead atoms. The molecule has 3 aromatic heterocycles. The third-order valence-electron chi connectivity index (χ3n) is 3.85. The van der Waals surface area contributed by atoms with Crippen molar-refractivity contribution in [2.45, 2.75) is 13.3 Å². The lowest BCUT2D eigenvalue weighted by Crippen LogP contribution is -2.11. The third kappa shape index (κ3) is 2.18. The van der Waals surface area contributed by atoms with Crippen LogP contribution in [0.3, 0.4) is 0 Å². The second-order valence-corrected chi connectivity index (χ2v) is 5.37. The fourth-order valence-electron chi connectivity index (χ4n) is 2.71.